The number of nitrogens with one attached hydrogen (secondary N) is 2. The summed E-state index contributed by atoms with van der Waals surface area (Å²) in [6.45, 7) is 7.33. The first kappa shape index (κ1) is 36.0. The number of benzene rings is 1. The molecule has 3 amide bonds. The first-order chi connectivity index (χ1) is 26.3. The predicted molar refractivity (Wildman–Crippen MR) is 210 cm³/mol. The van der Waals surface area contributed by atoms with E-state index in [0.29, 0.717) is 30.3 Å². The molecule has 13 nitrogen and oxygen atoms in total. The van der Waals surface area contributed by atoms with Gasteiger partial charge in [0.2, 0.25) is 17.8 Å². The third-order valence-electron chi connectivity index (χ3n) is 12.0. The largest absolute Gasteiger partial charge is 0.370 e. The highest BCUT2D eigenvalue weighted by molar-refractivity contribution is 6.01. The van der Waals surface area contributed by atoms with Gasteiger partial charge in [-0.15, -0.1) is 0 Å². The molecule has 8 rings (SSSR count). The van der Waals surface area contributed by atoms with Crippen LogP contribution in [0.3, 0.4) is 0 Å². The van der Waals surface area contributed by atoms with Gasteiger partial charge in [-0.05, 0) is 86.9 Å². The molecule has 4 aromatic rings. The van der Waals surface area contributed by atoms with Crippen molar-refractivity contribution in [1.29, 1.82) is 0 Å². The number of piperidine rings is 2. The fourth-order valence-electron chi connectivity index (χ4n) is 8.76. The lowest BCUT2D eigenvalue weighted by Crippen LogP contribution is -2.47. The molecule has 4 fully saturated rings. The van der Waals surface area contributed by atoms with Gasteiger partial charge in [0, 0.05) is 83.1 Å². The average Bonchev–Trinajstić information content (AvgIpc) is 3.86. The Morgan fingerprint density at radius 1 is 0.852 bits per heavy atom. The van der Waals surface area contributed by atoms with Crippen molar-refractivity contribution >= 4 is 51.9 Å². The molecule has 4 aliphatic rings. The second-order valence-corrected chi connectivity index (χ2v) is 15.7. The van der Waals surface area contributed by atoms with Crippen LogP contribution < -0.4 is 20.4 Å². The molecule has 3 saturated heterocycles. The molecule has 0 spiro atoms. The van der Waals surface area contributed by atoms with E-state index in [1.54, 1.807) is 25.2 Å². The molecule has 3 aromatic heterocycles. The van der Waals surface area contributed by atoms with Gasteiger partial charge >= 0.3 is 0 Å². The molecule has 6 heterocycles. The van der Waals surface area contributed by atoms with Crippen LogP contribution in [0.4, 0.5) is 23.1 Å². The Hall–Kier alpha value is -5.04. The van der Waals surface area contributed by atoms with Gasteiger partial charge < -0.3 is 24.6 Å². The lowest BCUT2D eigenvalue weighted by molar-refractivity contribution is -0.134. The minimum Gasteiger partial charge on any atom is -0.370 e. The van der Waals surface area contributed by atoms with Crippen LogP contribution in [0.5, 0.6) is 0 Å². The van der Waals surface area contributed by atoms with E-state index >= 15 is 0 Å². The number of hydrogen-bond donors (Lipinski definition) is 2. The molecule has 2 N–H and O–H groups in total. The maximum absolute atomic E-state index is 13.1. The third-order valence-corrected chi connectivity index (χ3v) is 12.0. The average molecular weight is 733 g/mol. The van der Waals surface area contributed by atoms with Crippen LogP contribution in [0.25, 0.3) is 11.0 Å². The summed E-state index contributed by atoms with van der Waals surface area (Å²) in [6, 6.07) is 14.7. The van der Waals surface area contributed by atoms with E-state index in [2.05, 4.69) is 53.1 Å². The minimum absolute atomic E-state index is 0.0139. The molecule has 1 aromatic carbocycles. The van der Waals surface area contributed by atoms with Crippen LogP contribution in [0.15, 0.2) is 54.9 Å². The molecule has 1 unspecified atom stereocenters. The Morgan fingerprint density at radius 3 is 2.26 bits per heavy atom. The van der Waals surface area contributed by atoms with Crippen LogP contribution in [-0.4, -0.2) is 107 Å². The number of carbonyl (C=O) groups is 3. The number of pyridine rings is 1. The Morgan fingerprint density at radius 2 is 1.57 bits per heavy atom. The second kappa shape index (κ2) is 15.7. The lowest BCUT2D eigenvalue weighted by atomic mass is 9.90. The van der Waals surface area contributed by atoms with Crippen LogP contribution in [-0.2, 0) is 9.59 Å². The zero-order valence-corrected chi connectivity index (χ0v) is 31.5. The number of fused-ring (bicyclic) bond motifs is 1. The summed E-state index contributed by atoms with van der Waals surface area (Å²) in [6.07, 6.45) is 12.8. The molecule has 0 radical (unpaired) electrons. The zero-order valence-electron chi connectivity index (χ0n) is 31.5. The van der Waals surface area contributed by atoms with Crippen LogP contribution >= 0.6 is 0 Å². The SMILES string of the molecule is CN(C)C(=O)c1cc2cnc(Nc3ccc(N4CCC(CCN5CCN(c6ccc(C7CCC(=O)NC7=O)cc6)CC5)CC4)cn3)nc2n1C1CCCC1. The molecular weight excluding hydrogens is 681 g/mol. The summed E-state index contributed by atoms with van der Waals surface area (Å²) in [5, 5.41) is 6.64. The predicted octanol–water partition coefficient (Wildman–Crippen LogP) is 5.34. The maximum atomic E-state index is 13.1. The summed E-state index contributed by atoms with van der Waals surface area (Å²) in [5.41, 5.74) is 4.79. The van der Waals surface area contributed by atoms with Crippen molar-refractivity contribution in [3.8, 4) is 0 Å². The monoisotopic (exact) mass is 732 g/mol. The number of hydrogen-bond acceptors (Lipinski definition) is 10. The summed E-state index contributed by atoms with van der Waals surface area (Å²) in [4.78, 5) is 60.1. The number of nitrogens with zero attached hydrogens (tertiary/aromatic N) is 8. The van der Waals surface area contributed by atoms with Crippen LogP contribution in [0.1, 0.15) is 85.8 Å². The van der Waals surface area contributed by atoms with Crippen LogP contribution in [0.2, 0.25) is 0 Å². The zero-order chi connectivity index (χ0) is 37.2. The number of piperazine rings is 1. The highest BCUT2D eigenvalue weighted by Crippen LogP contribution is 2.35. The summed E-state index contributed by atoms with van der Waals surface area (Å²) in [5.74, 6) is 1.30. The molecular formula is C41H52N10O3. The quantitative estimate of drug-likeness (QED) is 0.206. The lowest BCUT2D eigenvalue weighted by Gasteiger charge is -2.38. The van der Waals surface area contributed by atoms with Crippen molar-refractivity contribution in [2.24, 2.45) is 5.92 Å². The molecule has 1 saturated carbocycles. The number of carbonyl (C=O) groups excluding carboxylic acids is 3. The molecule has 1 aliphatic carbocycles. The smallest absolute Gasteiger partial charge is 0.270 e. The van der Waals surface area contributed by atoms with E-state index in [0.717, 1.165) is 99.7 Å². The maximum Gasteiger partial charge on any atom is 0.270 e. The van der Waals surface area contributed by atoms with Gasteiger partial charge in [-0.2, -0.15) is 4.98 Å². The third kappa shape index (κ3) is 7.77. The standard InChI is InChI=1S/C41H52N10O3/c1-47(2)40(54)35-25-30-26-43-41(46-38(30)51(35)32-5-3-4-6-32)44-36-13-11-33(27-42-36)49-19-16-28(17-20-49)15-18-48-21-23-50(24-22-48)31-9-7-29(8-10-31)34-12-14-37(52)45-39(34)53/h7-11,13,25-28,32,34H,3-6,12,14-24H2,1-2H3,(H,45,52,53)(H,42,43,44,46). The van der Waals surface area contributed by atoms with Gasteiger partial charge in [-0.25, -0.2) is 9.97 Å². The van der Waals surface area contributed by atoms with E-state index in [4.69, 9.17) is 9.97 Å². The van der Waals surface area contributed by atoms with Crippen molar-refractivity contribution < 1.29 is 14.4 Å². The first-order valence-electron chi connectivity index (χ1n) is 19.8. The van der Waals surface area contributed by atoms with Gasteiger partial charge in [-0.3, -0.25) is 24.6 Å². The molecule has 1 atom stereocenters. The van der Waals surface area contributed by atoms with Crippen molar-refractivity contribution in [2.75, 3.05) is 75.0 Å². The minimum atomic E-state index is -0.235. The van der Waals surface area contributed by atoms with E-state index in [9.17, 15) is 14.4 Å². The van der Waals surface area contributed by atoms with Crippen molar-refractivity contribution in [3.63, 3.8) is 0 Å². The molecule has 284 valence electrons. The van der Waals surface area contributed by atoms with E-state index in [1.807, 2.05) is 30.5 Å². The topological polar surface area (TPSA) is 132 Å². The fraction of sp³-hybridized carbons (Fsp3) is 0.512. The van der Waals surface area contributed by atoms with Crippen molar-refractivity contribution in [1.82, 2.24) is 34.6 Å². The Labute approximate surface area is 317 Å². The van der Waals surface area contributed by atoms with Gasteiger partial charge in [0.15, 0.2) is 0 Å². The normalized spacial score (nSPS) is 20.4. The molecule has 0 bridgehead atoms. The second-order valence-electron chi connectivity index (χ2n) is 15.7. The number of anilines is 4. The number of imide groups is 1. The van der Waals surface area contributed by atoms with Gasteiger partial charge in [0.05, 0.1) is 17.8 Å². The van der Waals surface area contributed by atoms with Gasteiger partial charge in [-0.1, -0.05) is 25.0 Å². The Kier molecular flexibility index (Phi) is 10.5. The Bertz CT molecular complexity index is 1960. The molecule has 13 heteroatoms. The van der Waals surface area contributed by atoms with Crippen molar-refractivity contribution in [3.05, 3.63) is 66.1 Å². The number of amides is 3. The van der Waals surface area contributed by atoms with Gasteiger partial charge in [0.25, 0.3) is 5.91 Å². The molecule has 3 aliphatic heterocycles. The highest BCUT2D eigenvalue weighted by atomic mass is 16.2. The van der Waals surface area contributed by atoms with E-state index in [-0.39, 0.29) is 29.7 Å². The number of rotatable bonds is 10. The van der Waals surface area contributed by atoms with Crippen LogP contribution in [0, 0.1) is 5.92 Å². The van der Waals surface area contributed by atoms with E-state index < -0.39 is 0 Å². The molecule has 54 heavy (non-hydrogen) atoms. The fourth-order valence-corrected chi connectivity index (χ4v) is 8.76. The summed E-state index contributed by atoms with van der Waals surface area (Å²) < 4.78 is 2.13. The number of aromatic nitrogens is 4. The Balaban J connectivity index is 0.792. The van der Waals surface area contributed by atoms with Crippen molar-refractivity contribution in [2.45, 2.75) is 69.7 Å². The van der Waals surface area contributed by atoms with E-state index in [1.165, 1.54) is 24.9 Å². The summed E-state index contributed by atoms with van der Waals surface area (Å²) in [7, 11) is 3.58. The first-order valence-corrected chi connectivity index (χ1v) is 19.8. The van der Waals surface area contributed by atoms with Gasteiger partial charge in [0.1, 0.15) is 17.2 Å². The summed E-state index contributed by atoms with van der Waals surface area (Å²) >= 11 is 0. The highest BCUT2D eigenvalue weighted by Gasteiger charge is 2.29.